The monoisotopic (exact) mass is 793 g/mol. The normalized spacial score (nSPS) is 22.7. The van der Waals surface area contributed by atoms with Gasteiger partial charge >= 0.3 is 12.2 Å². The number of imidazole rings is 1. The number of piperidine rings is 1. The van der Waals surface area contributed by atoms with Crippen LogP contribution in [-0.4, -0.2) is 94.4 Å². The molecule has 2 bridgehead atoms. The van der Waals surface area contributed by atoms with Crippen molar-refractivity contribution in [2.45, 2.75) is 96.4 Å². The third-order valence-corrected chi connectivity index (χ3v) is 13.6. The van der Waals surface area contributed by atoms with Crippen LogP contribution in [0, 0.1) is 17.8 Å². The van der Waals surface area contributed by atoms with Crippen LogP contribution in [0.25, 0.3) is 37.7 Å². The Hall–Kier alpha value is -5.24. The molecule has 1 saturated carbocycles. The van der Waals surface area contributed by atoms with Crippen LogP contribution in [0.4, 0.5) is 9.59 Å². The second-order valence-electron chi connectivity index (χ2n) is 16.5. The number of hydrogen-bond donors (Lipinski definition) is 3. The highest BCUT2D eigenvalue weighted by atomic mass is 32.1. The predicted octanol–water partition coefficient (Wildman–Crippen LogP) is 7.43. The molecule has 6 atom stereocenters. The molecule has 4 aromatic rings. The first-order valence-electron chi connectivity index (χ1n) is 20.0. The molecule has 57 heavy (non-hydrogen) atoms. The molecular weight excluding hydrogens is 743 g/mol. The summed E-state index contributed by atoms with van der Waals surface area (Å²) >= 11 is 1.77. The van der Waals surface area contributed by atoms with E-state index in [-0.39, 0.29) is 41.8 Å². The topological polar surface area (TPSA) is 158 Å². The molecule has 2 aromatic carbocycles. The summed E-state index contributed by atoms with van der Waals surface area (Å²) in [5, 5.41) is 8.95. The largest absolute Gasteiger partial charge is 0.453 e. The van der Waals surface area contributed by atoms with Gasteiger partial charge in [-0.25, -0.2) is 14.6 Å². The Bertz CT molecular complexity index is 2290. The summed E-state index contributed by atoms with van der Waals surface area (Å²) in [5.74, 6) is 0.727. The number of hydrogen-bond acceptors (Lipinski definition) is 9. The number of fused-ring (bicyclic) bond motifs is 5. The highest BCUT2D eigenvalue weighted by Crippen LogP contribution is 2.46. The third kappa shape index (κ3) is 7.17. The van der Waals surface area contributed by atoms with Gasteiger partial charge in [0, 0.05) is 46.1 Å². The van der Waals surface area contributed by atoms with E-state index in [0.29, 0.717) is 18.9 Å². The number of benzene rings is 2. The molecule has 0 unspecified atom stereocenters. The van der Waals surface area contributed by atoms with Crippen molar-refractivity contribution in [2.24, 2.45) is 22.7 Å². The zero-order valence-corrected chi connectivity index (χ0v) is 34.2. The molecule has 13 nitrogen and oxygen atoms in total. The van der Waals surface area contributed by atoms with Crippen LogP contribution >= 0.6 is 11.3 Å². The molecule has 14 heteroatoms. The van der Waals surface area contributed by atoms with Crippen LogP contribution in [0.1, 0.15) is 83.0 Å². The average Bonchev–Trinajstić information content (AvgIpc) is 4.06. The molecule has 3 aliphatic heterocycles. The van der Waals surface area contributed by atoms with Crippen molar-refractivity contribution in [1.29, 1.82) is 0 Å². The standard InChI is InChI=1S/C43H51N7O6S/c1-22(2)35(47-42(53)55-5)40(51)49-15-7-8-33(49)39-45-21-32(46-39)25-12-14-30-24(16-25)9-10-27-19-34(57-38(27)30)28-18-31(44-20-28)37-26-11-13-29(17-26)50(37)41(52)36(23(3)4)48-43(54)56-6/h9-10,12,14,16,19-23,26,29,33,35-37H,7-8,11,13,15,17-18H2,1-6H3,(H,45,46)(H,47,53)(H,48,54)/t26-,29+,33-,35-,36-,37-/m0/s1. The summed E-state index contributed by atoms with van der Waals surface area (Å²) in [6.07, 6.45) is 7.95. The molecule has 300 valence electrons. The molecule has 2 saturated heterocycles. The first-order chi connectivity index (χ1) is 27.4. The van der Waals surface area contributed by atoms with E-state index < -0.39 is 24.3 Å². The molecule has 3 N–H and O–H groups in total. The molecule has 1 aliphatic carbocycles. The number of nitrogens with zero attached hydrogens (tertiary/aromatic N) is 4. The highest BCUT2D eigenvalue weighted by molar-refractivity contribution is 7.21. The number of carbonyl (C=O) groups excluding carboxylic acids is 4. The molecule has 4 aliphatic rings. The molecule has 4 amide bonds. The maximum absolute atomic E-state index is 14.0. The van der Waals surface area contributed by atoms with Crippen LogP contribution in [0.5, 0.6) is 0 Å². The zero-order chi connectivity index (χ0) is 40.1. The van der Waals surface area contributed by atoms with E-state index in [2.05, 4.69) is 52.0 Å². The van der Waals surface area contributed by atoms with Crippen molar-refractivity contribution in [1.82, 2.24) is 30.4 Å². The number of rotatable bonds is 10. The summed E-state index contributed by atoms with van der Waals surface area (Å²) < 4.78 is 10.8. The molecule has 0 radical (unpaired) electrons. The fourth-order valence-corrected chi connectivity index (χ4v) is 10.6. The number of likely N-dealkylation sites (tertiary alicyclic amines) is 2. The summed E-state index contributed by atoms with van der Waals surface area (Å²) in [6, 6.07) is 11.6. The first-order valence-corrected chi connectivity index (χ1v) is 20.9. The highest BCUT2D eigenvalue weighted by Gasteiger charge is 2.52. The van der Waals surface area contributed by atoms with Gasteiger partial charge in [-0.3, -0.25) is 14.6 Å². The van der Waals surface area contributed by atoms with Crippen LogP contribution < -0.4 is 10.6 Å². The van der Waals surface area contributed by atoms with Crippen LogP contribution in [0.15, 0.2) is 53.8 Å². The van der Waals surface area contributed by atoms with Crippen LogP contribution in [0.2, 0.25) is 0 Å². The lowest BCUT2D eigenvalue weighted by Crippen LogP contribution is -2.57. The number of H-pyrrole nitrogens is 1. The molecule has 2 aromatic heterocycles. The van der Waals surface area contributed by atoms with Crippen LogP contribution in [-0.2, 0) is 19.1 Å². The van der Waals surface area contributed by atoms with E-state index in [1.807, 2.05) is 49.9 Å². The Labute approximate surface area is 336 Å². The van der Waals surface area contributed by atoms with Gasteiger partial charge in [0.1, 0.15) is 17.9 Å². The third-order valence-electron chi connectivity index (χ3n) is 12.3. The number of aromatic nitrogens is 2. The predicted molar refractivity (Wildman–Crippen MR) is 221 cm³/mol. The van der Waals surface area contributed by atoms with E-state index in [0.717, 1.165) is 65.9 Å². The number of nitrogens with one attached hydrogen (secondary N) is 3. The van der Waals surface area contributed by atoms with Gasteiger partial charge in [-0.15, -0.1) is 11.3 Å². The van der Waals surface area contributed by atoms with Crippen molar-refractivity contribution >= 4 is 67.5 Å². The lowest BCUT2D eigenvalue weighted by Gasteiger charge is -2.38. The lowest BCUT2D eigenvalue weighted by atomic mass is 9.90. The quantitative estimate of drug-likeness (QED) is 0.151. The smallest absolute Gasteiger partial charge is 0.407 e. The van der Waals surface area contributed by atoms with Gasteiger partial charge < -0.3 is 34.9 Å². The van der Waals surface area contributed by atoms with Crippen molar-refractivity contribution < 1.29 is 28.7 Å². The number of allylic oxidation sites excluding steroid dienone is 1. The number of methoxy groups -OCH3 is 2. The fraction of sp³-hybridized carbons (Fsp3) is 0.488. The van der Waals surface area contributed by atoms with Crippen LogP contribution in [0.3, 0.4) is 0 Å². The second-order valence-corrected chi connectivity index (χ2v) is 17.5. The molecule has 0 spiro atoms. The van der Waals surface area contributed by atoms with Crippen molar-refractivity contribution in [2.75, 3.05) is 20.8 Å². The summed E-state index contributed by atoms with van der Waals surface area (Å²) in [5.41, 5.74) is 4.06. The van der Waals surface area contributed by atoms with Crippen molar-refractivity contribution in [3.63, 3.8) is 0 Å². The molecule has 8 rings (SSSR count). The maximum Gasteiger partial charge on any atom is 0.407 e. The minimum atomic E-state index is -0.689. The molecule has 5 heterocycles. The number of ether oxygens (including phenoxy) is 2. The van der Waals surface area contributed by atoms with E-state index in [1.165, 1.54) is 34.6 Å². The SMILES string of the molecule is COC(=O)N[C@H](C(=O)N1CCC[C@H]1c1ncc(-c2ccc3c(ccc4cc(C5=CN=C([C@@H]6[C@H]7CC[C@H](C7)N6C(=O)[C@@H](NC(=O)OC)C(C)C)C5)sc43)c2)[nH]1)C(C)C. The Morgan fingerprint density at radius 2 is 1.61 bits per heavy atom. The Morgan fingerprint density at radius 1 is 0.895 bits per heavy atom. The summed E-state index contributed by atoms with van der Waals surface area (Å²) in [4.78, 5) is 70.1. The van der Waals surface area contributed by atoms with Gasteiger partial charge in [0.2, 0.25) is 11.8 Å². The van der Waals surface area contributed by atoms with Crippen molar-refractivity contribution in [3.05, 3.63) is 59.5 Å². The van der Waals surface area contributed by atoms with E-state index >= 15 is 0 Å². The summed E-state index contributed by atoms with van der Waals surface area (Å²) in [7, 11) is 2.61. The fourth-order valence-electron chi connectivity index (χ4n) is 9.37. The van der Waals surface area contributed by atoms with E-state index in [1.54, 1.807) is 11.3 Å². The Balaban J connectivity index is 0.984. The number of thiophene rings is 1. The first kappa shape index (κ1) is 38.6. The molecule has 3 fully saturated rings. The zero-order valence-electron chi connectivity index (χ0n) is 33.3. The average molecular weight is 794 g/mol. The lowest BCUT2D eigenvalue weighted by molar-refractivity contribution is -0.137. The number of aliphatic imine (C=N–C) groups is 1. The van der Waals surface area contributed by atoms with Gasteiger partial charge in [0.25, 0.3) is 0 Å². The number of carbonyl (C=O) groups is 4. The Morgan fingerprint density at radius 3 is 2.33 bits per heavy atom. The van der Waals surface area contributed by atoms with E-state index in [9.17, 15) is 19.2 Å². The van der Waals surface area contributed by atoms with Crippen molar-refractivity contribution in [3.8, 4) is 11.3 Å². The van der Waals surface area contributed by atoms with Gasteiger partial charge in [0.05, 0.1) is 38.2 Å². The Kier molecular flexibility index (Phi) is 10.6. The second kappa shape index (κ2) is 15.6. The number of alkyl carbamates (subject to hydrolysis) is 2. The number of aromatic amines is 1. The summed E-state index contributed by atoms with van der Waals surface area (Å²) in [6.45, 7) is 8.30. The van der Waals surface area contributed by atoms with E-state index in [4.69, 9.17) is 19.5 Å². The van der Waals surface area contributed by atoms with Gasteiger partial charge in [-0.1, -0.05) is 52.0 Å². The van der Waals surface area contributed by atoms with Gasteiger partial charge in [-0.2, -0.15) is 0 Å². The minimum Gasteiger partial charge on any atom is -0.453 e. The van der Waals surface area contributed by atoms with Gasteiger partial charge in [-0.05, 0) is 83.7 Å². The minimum absolute atomic E-state index is 0.0526. The van der Waals surface area contributed by atoms with Gasteiger partial charge in [0.15, 0.2) is 0 Å². The molecular formula is C43H51N7O6S. The number of amides is 4. The maximum atomic E-state index is 14.0.